The predicted molar refractivity (Wildman–Crippen MR) is 124 cm³/mol. The first-order valence-electron chi connectivity index (χ1n) is 11.5. The largest absolute Gasteiger partial charge is 0.496 e. The Labute approximate surface area is 193 Å². The summed E-state index contributed by atoms with van der Waals surface area (Å²) in [5.41, 5.74) is 2.71. The first-order chi connectivity index (χ1) is 16.1. The van der Waals surface area contributed by atoms with Gasteiger partial charge in [0, 0.05) is 24.1 Å². The Bertz CT molecular complexity index is 1120. The van der Waals surface area contributed by atoms with Gasteiger partial charge in [-0.3, -0.25) is 9.59 Å². The molecule has 170 valence electrons. The third kappa shape index (κ3) is 4.95. The van der Waals surface area contributed by atoms with E-state index in [4.69, 9.17) is 9.15 Å². The summed E-state index contributed by atoms with van der Waals surface area (Å²) in [6.45, 7) is 0.865. The maximum absolute atomic E-state index is 13.5. The highest BCUT2D eigenvalue weighted by molar-refractivity contribution is 5.94. The summed E-state index contributed by atoms with van der Waals surface area (Å²) in [7, 11) is 1.66. The minimum Gasteiger partial charge on any atom is -0.496 e. The second-order valence-corrected chi connectivity index (χ2v) is 8.91. The van der Waals surface area contributed by atoms with E-state index >= 15 is 0 Å². The van der Waals surface area contributed by atoms with E-state index in [1.165, 1.54) is 0 Å². The van der Waals surface area contributed by atoms with Gasteiger partial charge in [0.05, 0.1) is 19.9 Å². The summed E-state index contributed by atoms with van der Waals surface area (Å²) in [6.07, 6.45) is 4.56. The molecular weight excluding hydrogens is 416 g/mol. The number of furan rings is 1. The van der Waals surface area contributed by atoms with Crippen molar-refractivity contribution in [3.8, 4) is 5.75 Å². The van der Waals surface area contributed by atoms with E-state index in [0.717, 1.165) is 41.9 Å². The fourth-order valence-corrected chi connectivity index (χ4v) is 4.30. The zero-order chi connectivity index (χ0) is 22.8. The van der Waals surface area contributed by atoms with E-state index in [1.54, 1.807) is 13.4 Å². The number of carbonyl (C=O) groups is 2. The van der Waals surface area contributed by atoms with E-state index < -0.39 is 0 Å². The van der Waals surface area contributed by atoms with Crippen molar-refractivity contribution in [2.45, 2.75) is 44.3 Å². The number of hydrogen-bond acceptors (Lipinski definition) is 4. The van der Waals surface area contributed by atoms with Gasteiger partial charge in [0.2, 0.25) is 5.91 Å². The minimum absolute atomic E-state index is 0.0369. The number of ether oxygens (including phenoxy) is 1. The maximum atomic E-state index is 13.5. The average Bonchev–Trinajstić information content (AvgIpc) is 3.77. The van der Waals surface area contributed by atoms with Crippen molar-refractivity contribution < 1.29 is 18.7 Å². The van der Waals surface area contributed by atoms with E-state index in [0.29, 0.717) is 24.7 Å². The number of methoxy groups -OCH3 is 1. The molecule has 2 amide bonds. The summed E-state index contributed by atoms with van der Waals surface area (Å²) >= 11 is 0. The van der Waals surface area contributed by atoms with Gasteiger partial charge in [-0.25, -0.2) is 0 Å². The Morgan fingerprint density at radius 3 is 2.52 bits per heavy atom. The van der Waals surface area contributed by atoms with Crippen LogP contribution in [0.15, 0.2) is 71.3 Å². The molecule has 2 atom stereocenters. The van der Waals surface area contributed by atoms with Crippen molar-refractivity contribution in [3.05, 3.63) is 89.4 Å². The predicted octanol–water partition coefficient (Wildman–Crippen LogP) is 4.51. The molecule has 3 aromatic rings. The van der Waals surface area contributed by atoms with Crippen molar-refractivity contribution >= 4 is 11.8 Å². The highest BCUT2D eigenvalue weighted by atomic mass is 16.5. The van der Waals surface area contributed by atoms with Crippen molar-refractivity contribution in [3.63, 3.8) is 0 Å². The van der Waals surface area contributed by atoms with Gasteiger partial charge in [0.15, 0.2) is 0 Å². The molecule has 0 bridgehead atoms. The molecule has 33 heavy (non-hydrogen) atoms. The van der Waals surface area contributed by atoms with Gasteiger partial charge in [-0.15, -0.1) is 0 Å². The average molecular weight is 445 g/mol. The van der Waals surface area contributed by atoms with Crippen LogP contribution < -0.4 is 10.1 Å². The van der Waals surface area contributed by atoms with Crippen LogP contribution in [0.1, 0.15) is 52.4 Å². The minimum atomic E-state index is -0.0696. The molecule has 0 radical (unpaired) electrons. The summed E-state index contributed by atoms with van der Waals surface area (Å²) in [5.74, 6) is 1.75. The molecule has 2 saturated carbocycles. The summed E-state index contributed by atoms with van der Waals surface area (Å²) in [6, 6.07) is 19.5. The Morgan fingerprint density at radius 2 is 1.82 bits per heavy atom. The van der Waals surface area contributed by atoms with Crippen LogP contribution in [-0.4, -0.2) is 29.9 Å². The zero-order valence-corrected chi connectivity index (χ0v) is 18.7. The van der Waals surface area contributed by atoms with E-state index in [2.05, 4.69) is 5.32 Å². The molecule has 5 rings (SSSR count). The number of para-hydroxylation sites is 1. The number of nitrogens with one attached hydrogen (secondary N) is 1. The van der Waals surface area contributed by atoms with Crippen LogP contribution in [-0.2, 0) is 17.9 Å². The van der Waals surface area contributed by atoms with Crippen molar-refractivity contribution in [1.29, 1.82) is 0 Å². The van der Waals surface area contributed by atoms with Crippen molar-refractivity contribution in [2.24, 2.45) is 5.92 Å². The van der Waals surface area contributed by atoms with Crippen LogP contribution >= 0.6 is 0 Å². The Balaban J connectivity index is 1.30. The quantitative estimate of drug-likeness (QED) is 0.527. The van der Waals surface area contributed by atoms with Crippen molar-refractivity contribution in [1.82, 2.24) is 10.2 Å². The normalized spacial score (nSPS) is 19.1. The second-order valence-electron chi connectivity index (χ2n) is 8.91. The lowest BCUT2D eigenvalue weighted by atomic mass is 10.1. The number of amides is 2. The lowest BCUT2D eigenvalue weighted by Gasteiger charge is -2.22. The fraction of sp³-hybridized carbons (Fsp3) is 0.333. The van der Waals surface area contributed by atoms with Crippen LogP contribution in [0.3, 0.4) is 0 Å². The van der Waals surface area contributed by atoms with E-state index in [1.807, 2.05) is 65.6 Å². The molecule has 2 aliphatic carbocycles. The first-order valence-corrected chi connectivity index (χ1v) is 11.5. The lowest BCUT2D eigenvalue weighted by molar-refractivity contribution is -0.134. The highest BCUT2D eigenvalue weighted by Crippen LogP contribution is 2.51. The van der Waals surface area contributed by atoms with Gasteiger partial charge in [-0.2, -0.15) is 0 Å². The maximum Gasteiger partial charge on any atom is 0.251 e. The molecule has 1 heterocycles. The summed E-state index contributed by atoms with van der Waals surface area (Å²) < 4.78 is 11.0. The second kappa shape index (κ2) is 9.14. The molecule has 2 fully saturated rings. The van der Waals surface area contributed by atoms with Crippen molar-refractivity contribution in [2.75, 3.05) is 7.11 Å². The first kappa shape index (κ1) is 21.3. The summed E-state index contributed by atoms with van der Waals surface area (Å²) in [5, 5.41) is 3.01. The zero-order valence-electron chi connectivity index (χ0n) is 18.7. The van der Waals surface area contributed by atoms with Gasteiger partial charge in [0.25, 0.3) is 5.91 Å². The monoisotopic (exact) mass is 444 g/mol. The molecule has 1 N–H and O–H groups in total. The van der Waals surface area contributed by atoms with Gasteiger partial charge in [-0.1, -0.05) is 30.3 Å². The third-order valence-electron chi connectivity index (χ3n) is 6.39. The standard InChI is InChI=1S/C27H28N2O4/c1-32-25-7-3-2-6-22(25)23-15-24(23)27(31)29(17-21-5-4-14-33-21)16-18-8-10-19(11-9-18)26(30)28-20-12-13-20/h2-11,14,20,23-24H,12-13,15-17H2,1H3,(H,28,30)/t23-,24-/m1/s1. The smallest absolute Gasteiger partial charge is 0.251 e. The van der Waals surface area contributed by atoms with Crippen LogP contribution in [0.25, 0.3) is 0 Å². The number of hydrogen-bond donors (Lipinski definition) is 1. The van der Waals surface area contributed by atoms with Crippen LogP contribution in [0, 0.1) is 5.92 Å². The molecule has 0 spiro atoms. The lowest BCUT2D eigenvalue weighted by Crippen LogP contribution is -2.31. The molecule has 2 aliphatic rings. The molecule has 6 heteroatoms. The number of rotatable bonds is 9. The van der Waals surface area contributed by atoms with Crippen LogP contribution in [0.4, 0.5) is 0 Å². The topological polar surface area (TPSA) is 71.8 Å². The van der Waals surface area contributed by atoms with Crippen LogP contribution in [0.5, 0.6) is 5.75 Å². The molecule has 2 aromatic carbocycles. The van der Waals surface area contributed by atoms with Gasteiger partial charge < -0.3 is 19.4 Å². The van der Waals surface area contributed by atoms with Gasteiger partial charge >= 0.3 is 0 Å². The van der Waals surface area contributed by atoms with E-state index in [-0.39, 0.29) is 23.7 Å². The highest BCUT2D eigenvalue weighted by Gasteiger charge is 2.47. The van der Waals surface area contributed by atoms with E-state index in [9.17, 15) is 9.59 Å². The molecule has 0 unspecified atom stereocenters. The number of benzene rings is 2. The molecule has 0 aliphatic heterocycles. The number of nitrogens with zero attached hydrogens (tertiary/aromatic N) is 1. The molecular formula is C27H28N2O4. The van der Waals surface area contributed by atoms with Gasteiger partial charge in [0.1, 0.15) is 11.5 Å². The fourth-order valence-electron chi connectivity index (χ4n) is 4.30. The Morgan fingerprint density at radius 1 is 1.03 bits per heavy atom. The molecule has 0 saturated heterocycles. The Kier molecular flexibility index (Phi) is 5.90. The van der Waals surface area contributed by atoms with Gasteiger partial charge in [-0.05, 0) is 66.6 Å². The SMILES string of the molecule is COc1ccccc1[C@H]1C[C@H]1C(=O)N(Cc1ccc(C(=O)NC2CC2)cc1)Cc1ccco1. The Hall–Kier alpha value is -3.54. The molecule has 6 nitrogen and oxygen atoms in total. The van der Waals surface area contributed by atoms with Crippen LogP contribution in [0.2, 0.25) is 0 Å². The number of carbonyl (C=O) groups excluding carboxylic acids is 2. The third-order valence-corrected chi connectivity index (χ3v) is 6.39. The molecule has 1 aromatic heterocycles. The summed E-state index contributed by atoms with van der Waals surface area (Å²) in [4.78, 5) is 27.6.